The van der Waals surface area contributed by atoms with E-state index in [0.717, 1.165) is 23.3 Å². The smallest absolute Gasteiger partial charge is 0.416 e. The lowest BCUT2D eigenvalue weighted by atomic mass is 10.1. The van der Waals surface area contributed by atoms with Gasteiger partial charge in [-0.1, -0.05) is 12.1 Å². The highest BCUT2D eigenvalue weighted by Gasteiger charge is 2.32. The largest absolute Gasteiger partial charge is 0.476 e. The van der Waals surface area contributed by atoms with Gasteiger partial charge in [0, 0.05) is 0 Å². The van der Waals surface area contributed by atoms with Gasteiger partial charge < -0.3 is 9.47 Å². The lowest BCUT2D eigenvalue weighted by Crippen LogP contribution is -2.39. The molecule has 0 fully saturated rings. The van der Waals surface area contributed by atoms with Crippen LogP contribution in [0.2, 0.25) is 0 Å². The number of ether oxygens (including phenoxy) is 2. The molecular formula is C24H26F3N3O4. The third-order valence-electron chi connectivity index (χ3n) is 5.16. The summed E-state index contributed by atoms with van der Waals surface area (Å²) in [5.41, 5.74) is -0.629. The molecule has 182 valence electrons. The number of benzene rings is 2. The van der Waals surface area contributed by atoms with Crippen molar-refractivity contribution in [1.29, 1.82) is 0 Å². The van der Waals surface area contributed by atoms with E-state index >= 15 is 0 Å². The number of esters is 1. The predicted octanol–water partition coefficient (Wildman–Crippen LogP) is 4.44. The highest BCUT2D eigenvalue weighted by molar-refractivity contribution is 5.79. The van der Waals surface area contributed by atoms with Crippen molar-refractivity contribution in [2.75, 3.05) is 6.61 Å². The second kappa shape index (κ2) is 9.36. The summed E-state index contributed by atoms with van der Waals surface area (Å²) in [6.45, 7) is 8.77. The number of halogens is 3. The van der Waals surface area contributed by atoms with Crippen LogP contribution >= 0.6 is 0 Å². The highest BCUT2D eigenvalue weighted by atomic mass is 19.4. The first kappa shape index (κ1) is 25.1. The van der Waals surface area contributed by atoms with Gasteiger partial charge in [0.2, 0.25) is 0 Å². The number of alkyl halides is 3. The number of carbonyl (C=O) groups is 1. The molecule has 0 saturated heterocycles. The molecule has 3 aromatic rings. The Morgan fingerprint density at radius 1 is 1.06 bits per heavy atom. The molecule has 0 N–H and O–H groups in total. The van der Waals surface area contributed by atoms with Crippen molar-refractivity contribution in [1.82, 2.24) is 14.3 Å². The summed E-state index contributed by atoms with van der Waals surface area (Å²) in [6, 6.07) is 9.61. The average molecular weight is 477 g/mol. The molecule has 34 heavy (non-hydrogen) atoms. The molecule has 1 heterocycles. The van der Waals surface area contributed by atoms with Gasteiger partial charge in [0.1, 0.15) is 11.6 Å². The van der Waals surface area contributed by atoms with Gasteiger partial charge in [-0.15, -0.1) is 0 Å². The zero-order chi connectivity index (χ0) is 25.3. The van der Waals surface area contributed by atoms with E-state index < -0.39 is 29.0 Å². The van der Waals surface area contributed by atoms with Crippen molar-refractivity contribution in [2.45, 2.75) is 52.9 Å². The Morgan fingerprint density at radius 2 is 1.71 bits per heavy atom. The molecule has 0 radical (unpaired) electrons. The molecule has 0 aliphatic carbocycles. The minimum Gasteiger partial charge on any atom is -0.476 e. The predicted molar refractivity (Wildman–Crippen MR) is 119 cm³/mol. The summed E-state index contributed by atoms with van der Waals surface area (Å²) >= 11 is 0. The van der Waals surface area contributed by atoms with Gasteiger partial charge >= 0.3 is 17.8 Å². The van der Waals surface area contributed by atoms with Crippen molar-refractivity contribution in [3.63, 3.8) is 0 Å². The molecule has 3 rings (SSSR count). The summed E-state index contributed by atoms with van der Waals surface area (Å²) in [4.78, 5) is 25.0. The molecule has 1 aromatic heterocycles. The lowest BCUT2D eigenvalue weighted by molar-refractivity contribution is -0.158. The first-order valence-corrected chi connectivity index (χ1v) is 10.6. The maximum Gasteiger partial charge on any atom is 0.416 e. The number of aryl methyl sites for hydroxylation is 2. The fraction of sp³-hybridized carbons (Fsp3) is 0.375. The van der Waals surface area contributed by atoms with Crippen LogP contribution in [0.1, 0.15) is 43.3 Å². The molecule has 0 spiro atoms. The van der Waals surface area contributed by atoms with Crippen molar-refractivity contribution >= 4 is 5.97 Å². The van der Waals surface area contributed by atoms with Gasteiger partial charge in [-0.05, 0) is 76.1 Å². The van der Waals surface area contributed by atoms with E-state index in [2.05, 4.69) is 5.10 Å². The topological polar surface area (TPSA) is 75.3 Å². The molecule has 0 unspecified atom stereocenters. The van der Waals surface area contributed by atoms with Crippen LogP contribution < -0.4 is 10.4 Å². The van der Waals surface area contributed by atoms with Crippen molar-refractivity contribution < 1.29 is 27.4 Å². The molecule has 0 bridgehead atoms. The molecule has 0 atom stereocenters. The van der Waals surface area contributed by atoms with Crippen LogP contribution in [0.25, 0.3) is 5.69 Å². The van der Waals surface area contributed by atoms with Crippen LogP contribution in [0.4, 0.5) is 13.2 Å². The molecule has 0 aliphatic heterocycles. The number of hydrogen-bond acceptors (Lipinski definition) is 5. The number of carbonyl (C=O) groups excluding carboxylic acids is 1. The molecular weight excluding hydrogens is 451 g/mol. The van der Waals surface area contributed by atoms with E-state index in [-0.39, 0.29) is 13.2 Å². The minimum absolute atomic E-state index is 0.149. The van der Waals surface area contributed by atoms with E-state index in [1.54, 1.807) is 39.8 Å². The third kappa shape index (κ3) is 5.32. The first-order valence-electron chi connectivity index (χ1n) is 10.6. The monoisotopic (exact) mass is 477 g/mol. The van der Waals surface area contributed by atoms with Crippen LogP contribution in [-0.2, 0) is 22.3 Å². The third-order valence-corrected chi connectivity index (χ3v) is 5.16. The van der Waals surface area contributed by atoms with Gasteiger partial charge in [0.25, 0.3) is 0 Å². The Balaban J connectivity index is 1.82. The van der Waals surface area contributed by atoms with Crippen LogP contribution in [0.5, 0.6) is 5.75 Å². The highest BCUT2D eigenvalue weighted by Crippen LogP contribution is 2.29. The van der Waals surface area contributed by atoms with Crippen molar-refractivity contribution in [2.24, 2.45) is 0 Å². The van der Waals surface area contributed by atoms with Gasteiger partial charge in [-0.25, -0.2) is 18.8 Å². The summed E-state index contributed by atoms with van der Waals surface area (Å²) < 4.78 is 51.9. The van der Waals surface area contributed by atoms with E-state index in [0.29, 0.717) is 17.3 Å². The van der Waals surface area contributed by atoms with Crippen molar-refractivity contribution in [3.8, 4) is 11.4 Å². The molecule has 0 amide bonds. The lowest BCUT2D eigenvalue weighted by Gasteiger charge is -2.25. The summed E-state index contributed by atoms with van der Waals surface area (Å²) in [5.74, 6) is 0.368. The Morgan fingerprint density at radius 3 is 2.26 bits per heavy atom. The number of nitrogens with zero attached hydrogens (tertiary/aromatic N) is 3. The summed E-state index contributed by atoms with van der Waals surface area (Å²) in [5, 5.41) is 4.26. The second-order valence-corrected chi connectivity index (χ2v) is 8.30. The maximum absolute atomic E-state index is 12.9. The molecule has 10 heteroatoms. The minimum atomic E-state index is -4.46. The normalized spacial score (nSPS) is 12.0. The van der Waals surface area contributed by atoms with Gasteiger partial charge in [0.15, 0.2) is 5.60 Å². The molecule has 0 aliphatic rings. The quantitative estimate of drug-likeness (QED) is 0.471. The van der Waals surface area contributed by atoms with Gasteiger partial charge in [0.05, 0.1) is 24.4 Å². The van der Waals surface area contributed by atoms with Gasteiger partial charge in [-0.2, -0.15) is 18.3 Å². The Hall–Kier alpha value is -3.56. The Kier molecular flexibility index (Phi) is 6.90. The average Bonchev–Trinajstić information content (AvgIpc) is 3.02. The zero-order valence-corrected chi connectivity index (χ0v) is 19.6. The number of aromatic nitrogens is 3. The second-order valence-electron chi connectivity index (χ2n) is 8.30. The summed E-state index contributed by atoms with van der Waals surface area (Å²) in [7, 11) is 0. The van der Waals surface area contributed by atoms with E-state index in [1.807, 2.05) is 13.0 Å². The zero-order valence-electron chi connectivity index (χ0n) is 19.6. The van der Waals surface area contributed by atoms with Crippen LogP contribution in [0.3, 0.4) is 0 Å². The first-order chi connectivity index (χ1) is 15.8. The van der Waals surface area contributed by atoms with Crippen LogP contribution in [0.15, 0.2) is 47.3 Å². The maximum atomic E-state index is 12.9. The van der Waals surface area contributed by atoms with Crippen LogP contribution in [0, 0.1) is 13.8 Å². The molecule has 7 nitrogen and oxygen atoms in total. The van der Waals surface area contributed by atoms with Gasteiger partial charge in [-0.3, -0.25) is 0 Å². The standard InChI is InChI=1S/C24H26F3N3O4/c1-6-33-21(31)23(4,5)34-20-12-7-17(13-15(20)2)14-29-22(32)30(16(3)28-29)19-10-8-18(9-11-19)24(25,26)27/h7-13H,6,14H2,1-5H3. The SMILES string of the molecule is CCOC(=O)C(C)(C)Oc1ccc(Cn2nc(C)n(-c3ccc(C(F)(F)F)cc3)c2=O)cc1C. The van der Waals surface area contributed by atoms with E-state index in [4.69, 9.17) is 9.47 Å². The fourth-order valence-corrected chi connectivity index (χ4v) is 3.43. The van der Waals surface area contributed by atoms with Crippen LogP contribution in [-0.4, -0.2) is 32.5 Å². The molecule has 0 saturated carbocycles. The summed E-state index contributed by atoms with van der Waals surface area (Å²) in [6.07, 6.45) is -4.46. The number of rotatable bonds is 7. The number of hydrogen-bond donors (Lipinski definition) is 0. The molecule has 2 aromatic carbocycles. The Labute approximate surface area is 194 Å². The van der Waals surface area contributed by atoms with E-state index in [9.17, 15) is 22.8 Å². The van der Waals surface area contributed by atoms with Crippen molar-refractivity contribution in [3.05, 3.63) is 75.5 Å². The Bertz CT molecular complexity index is 1240. The van der Waals surface area contributed by atoms with E-state index in [1.165, 1.54) is 21.4 Å². The fourth-order valence-electron chi connectivity index (χ4n) is 3.43.